The number of nitrogens with zero attached hydrogens (tertiary/aromatic N) is 1. The number of aromatic nitrogens is 1. The van der Waals surface area contributed by atoms with E-state index in [0.29, 0.717) is 18.9 Å². The van der Waals surface area contributed by atoms with Gasteiger partial charge in [0.1, 0.15) is 0 Å². The summed E-state index contributed by atoms with van der Waals surface area (Å²) in [6.45, 7) is 0.901. The van der Waals surface area contributed by atoms with Gasteiger partial charge in [0.2, 0.25) is 0 Å². The van der Waals surface area contributed by atoms with Crippen molar-refractivity contribution >= 4 is 15.9 Å². The van der Waals surface area contributed by atoms with Gasteiger partial charge in [-0.15, -0.1) is 0 Å². The van der Waals surface area contributed by atoms with Gasteiger partial charge in [0.25, 0.3) is 0 Å². The fourth-order valence-electron chi connectivity index (χ4n) is 1.29. The second-order valence-electron chi connectivity index (χ2n) is 3.30. The third-order valence-electron chi connectivity index (χ3n) is 2.19. The van der Waals surface area contributed by atoms with Crippen molar-refractivity contribution in [3.8, 4) is 0 Å². The van der Waals surface area contributed by atoms with Gasteiger partial charge in [-0.1, -0.05) is 0 Å². The van der Waals surface area contributed by atoms with Gasteiger partial charge in [0.05, 0.1) is 13.2 Å². The Kier molecular flexibility index (Phi) is 2.72. The van der Waals surface area contributed by atoms with Gasteiger partial charge in [0, 0.05) is 16.1 Å². The van der Waals surface area contributed by atoms with Crippen LogP contribution in [-0.4, -0.2) is 18.2 Å². The van der Waals surface area contributed by atoms with Crippen molar-refractivity contribution in [3.05, 3.63) is 28.0 Å². The molecule has 1 saturated heterocycles. The van der Waals surface area contributed by atoms with Crippen molar-refractivity contribution in [1.82, 2.24) is 4.98 Å². The van der Waals surface area contributed by atoms with E-state index in [2.05, 4.69) is 20.9 Å². The monoisotopic (exact) mass is 281 g/mol. The third-order valence-corrected chi connectivity index (χ3v) is 2.83. The van der Waals surface area contributed by atoms with Gasteiger partial charge in [-0.05, 0) is 28.1 Å². The predicted octanol–water partition coefficient (Wildman–Crippen LogP) is 2.98. The minimum Gasteiger partial charge on any atom is -0.380 e. The zero-order valence-corrected chi connectivity index (χ0v) is 9.10. The molecule has 2 rings (SSSR count). The molecular weight excluding hydrogens is 275 g/mol. The summed E-state index contributed by atoms with van der Waals surface area (Å²) < 4.78 is 42.4. The first-order valence-electron chi connectivity index (χ1n) is 4.30. The minimum absolute atomic E-state index is 0.000741. The second kappa shape index (κ2) is 3.75. The molecule has 0 spiro atoms. The highest BCUT2D eigenvalue weighted by Gasteiger charge is 2.36. The molecule has 0 saturated carbocycles. The van der Waals surface area contributed by atoms with Crippen LogP contribution in [0, 0.1) is 0 Å². The maximum atomic E-state index is 12.5. The lowest BCUT2D eigenvalue weighted by Crippen LogP contribution is -2.26. The molecule has 1 fully saturated rings. The highest BCUT2D eigenvalue weighted by atomic mass is 79.9. The van der Waals surface area contributed by atoms with E-state index in [1.54, 1.807) is 6.07 Å². The predicted molar refractivity (Wildman–Crippen MR) is 50.5 cm³/mol. The number of halogens is 4. The average Bonchev–Trinajstić information content (AvgIpc) is 2.03. The number of pyridine rings is 1. The number of rotatable bonds is 1. The van der Waals surface area contributed by atoms with E-state index in [1.165, 1.54) is 6.07 Å². The van der Waals surface area contributed by atoms with Crippen LogP contribution in [0.25, 0.3) is 0 Å². The number of alkyl halides is 3. The second-order valence-corrected chi connectivity index (χ2v) is 4.15. The minimum atomic E-state index is -4.42. The summed E-state index contributed by atoms with van der Waals surface area (Å²) in [5, 5.41) is 0. The van der Waals surface area contributed by atoms with Crippen LogP contribution in [0.3, 0.4) is 0 Å². The van der Waals surface area contributed by atoms with Crippen LogP contribution >= 0.6 is 15.9 Å². The summed E-state index contributed by atoms with van der Waals surface area (Å²) in [4.78, 5) is 3.61. The Labute approximate surface area is 92.6 Å². The van der Waals surface area contributed by atoms with E-state index < -0.39 is 11.9 Å². The fourth-order valence-corrected chi connectivity index (χ4v) is 1.74. The first-order valence-corrected chi connectivity index (χ1v) is 5.09. The van der Waals surface area contributed by atoms with Gasteiger partial charge in [-0.25, -0.2) is 4.98 Å². The van der Waals surface area contributed by atoms with E-state index >= 15 is 0 Å². The third kappa shape index (κ3) is 2.15. The lowest BCUT2D eigenvalue weighted by Gasteiger charge is -2.26. The Hall–Kier alpha value is -0.620. The standard InChI is InChI=1S/C9H7BrF3NO/c10-6-1-2-7(5-3-15-4-5)14-8(6)9(11,12)13/h1-2,5H,3-4H2. The highest BCUT2D eigenvalue weighted by Crippen LogP contribution is 2.35. The molecule has 1 aromatic rings. The molecule has 1 aromatic heterocycles. The SMILES string of the molecule is FC(F)(F)c1nc(C2COC2)ccc1Br. The lowest BCUT2D eigenvalue weighted by atomic mass is 10.0. The molecule has 0 amide bonds. The molecule has 6 heteroatoms. The Morgan fingerprint density at radius 1 is 1.33 bits per heavy atom. The van der Waals surface area contributed by atoms with Crippen LogP contribution in [0.2, 0.25) is 0 Å². The highest BCUT2D eigenvalue weighted by molar-refractivity contribution is 9.10. The fraction of sp³-hybridized carbons (Fsp3) is 0.444. The van der Waals surface area contributed by atoms with Crippen LogP contribution in [0.4, 0.5) is 13.2 Å². The largest absolute Gasteiger partial charge is 0.434 e. The topological polar surface area (TPSA) is 22.1 Å². The average molecular weight is 282 g/mol. The number of hydrogen-bond acceptors (Lipinski definition) is 2. The van der Waals surface area contributed by atoms with Gasteiger partial charge in [-0.2, -0.15) is 13.2 Å². The molecule has 0 unspecified atom stereocenters. The summed E-state index contributed by atoms with van der Waals surface area (Å²) >= 11 is 2.84. The van der Waals surface area contributed by atoms with Crippen molar-refractivity contribution in [2.45, 2.75) is 12.1 Å². The number of hydrogen-bond donors (Lipinski definition) is 0. The summed E-state index contributed by atoms with van der Waals surface area (Å²) in [5.74, 6) is -0.000741. The Morgan fingerprint density at radius 2 is 2.00 bits per heavy atom. The summed E-state index contributed by atoms with van der Waals surface area (Å²) in [6, 6.07) is 2.97. The van der Waals surface area contributed by atoms with Gasteiger partial charge in [-0.3, -0.25) is 0 Å². The van der Waals surface area contributed by atoms with Crippen molar-refractivity contribution < 1.29 is 17.9 Å². The lowest BCUT2D eigenvalue weighted by molar-refractivity contribution is -0.142. The van der Waals surface area contributed by atoms with E-state index in [-0.39, 0.29) is 10.4 Å². The molecule has 2 heterocycles. The van der Waals surface area contributed by atoms with E-state index in [4.69, 9.17) is 4.74 Å². The van der Waals surface area contributed by atoms with E-state index in [1.807, 2.05) is 0 Å². The Bertz CT molecular complexity index is 376. The summed E-state index contributed by atoms with van der Waals surface area (Å²) in [5.41, 5.74) is -0.427. The first-order chi connectivity index (χ1) is 6.98. The molecule has 0 radical (unpaired) electrons. The molecule has 0 bridgehead atoms. The Balaban J connectivity index is 2.36. The summed E-state index contributed by atoms with van der Waals surface area (Å²) in [6.07, 6.45) is -4.42. The van der Waals surface area contributed by atoms with E-state index in [9.17, 15) is 13.2 Å². The number of ether oxygens (including phenoxy) is 1. The van der Waals surface area contributed by atoms with Gasteiger partial charge < -0.3 is 4.74 Å². The van der Waals surface area contributed by atoms with Crippen LogP contribution in [0.15, 0.2) is 16.6 Å². The molecule has 0 aromatic carbocycles. The molecule has 0 N–H and O–H groups in total. The van der Waals surface area contributed by atoms with Crippen LogP contribution in [0.5, 0.6) is 0 Å². The van der Waals surface area contributed by atoms with Crippen molar-refractivity contribution in [2.75, 3.05) is 13.2 Å². The molecule has 15 heavy (non-hydrogen) atoms. The van der Waals surface area contributed by atoms with Gasteiger partial charge in [0.15, 0.2) is 5.69 Å². The smallest absolute Gasteiger partial charge is 0.380 e. The Morgan fingerprint density at radius 3 is 2.47 bits per heavy atom. The van der Waals surface area contributed by atoms with Gasteiger partial charge >= 0.3 is 6.18 Å². The normalized spacial score (nSPS) is 17.6. The maximum Gasteiger partial charge on any atom is 0.434 e. The zero-order chi connectivity index (χ0) is 11.1. The summed E-state index contributed by atoms with van der Waals surface area (Å²) in [7, 11) is 0. The van der Waals surface area contributed by atoms with Crippen molar-refractivity contribution in [2.24, 2.45) is 0 Å². The zero-order valence-electron chi connectivity index (χ0n) is 7.51. The van der Waals surface area contributed by atoms with Crippen LogP contribution in [-0.2, 0) is 10.9 Å². The van der Waals surface area contributed by atoms with Crippen LogP contribution in [0.1, 0.15) is 17.3 Å². The maximum absolute atomic E-state index is 12.5. The van der Waals surface area contributed by atoms with Crippen molar-refractivity contribution in [3.63, 3.8) is 0 Å². The van der Waals surface area contributed by atoms with Crippen LogP contribution < -0.4 is 0 Å². The van der Waals surface area contributed by atoms with E-state index in [0.717, 1.165) is 0 Å². The van der Waals surface area contributed by atoms with Crippen molar-refractivity contribution in [1.29, 1.82) is 0 Å². The molecule has 1 aliphatic heterocycles. The quantitative estimate of drug-likeness (QED) is 0.790. The molecule has 0 atom stereocenters. The molecule has 82 valence electrons. The molecule has 0 aliphatic carbocycles. The molecule has 2 nitrogen and oxygen atoms in total. The first kappa shape index (κ1) is 10.9. The molecule has 1 aliphatic rings. The molecular formula is C9H7BrF3NO.